The second kappa shape index (κ2) is 6.35. The summed E-state index contributed by atoms with van der Waals surface area (Å²) >= 11 is 1.19. The average molecular weight is 311 g/mol. The fourth-order valence-corrected chi connectivity index (χ4v) is 3.02. The molecule has 0 saturated heterocycles. The van der Waals surface area contributed by atoms with Gasteiger partial charge >= 0.3 is 5.00 Å². The third-order valence-electron chi connectivity index (χ3n) is 3.41. The summed E-state index contributed by atoms with van der Waals surface area (Å²) in [6.45, 7) is 0.707. The molecule has 1 aromatic carbocycles. The van der Waals surface area contributed by atoms with Crippen LogP contribution in [0, 0.1) is 10.1 Å². The molecule has 0 bridgehead atoms. The minimum atomic E-state index is -0.335. The summed E-state index contributed by atoms with van der Waals surface area (Å²) in [5, 5.41) is 16.1. The Morgan fingerprint density at radius 3 is 2.75 bits per heavy atom. The van der Waals surface area contributed by atoms with Crippen LogP contribution in [0.5, 0.6) is 0 Å². The summed E-state index contributed by atoms with van der Waals surface area (Å²) in [5.41, 5.74) is 2.37. The fraction of sp³-hybridized carbons (Fsp3) is 0.286. The van der Waals surface area contributed by atoms with Gasteiger partial charge in [0.2, 0.25) is 0 Å². The van der Waals surface area contributed by atoms with E-state index in [1.807, 2.05) is 11.4 Å². The Hall–Kier alpha value is -1.43. The van der Waals surface area contributed by atoms with E-state index in [1.165, 1.54) is 16.9 Å². The van der Waals surface area contributed by atoms with Crippen molar-refractivity contribution in [2.75, 3.05) is 0 Å². The van der Waals surface area contributed by atoms with E-state index in [9.17, 15) is 10.1 Å². The van der Waals surface area contributed by atoms with E-state index < -0.39 is 0 Å². The lowest BCUT2D eigenvalue weighted by atomic mass is 10.1. The predicted molar refractivity (Wildman–Crippen MR) is 82.6 cm³/mol. The molecule has 6 heteroatoms. The highest BCUT2D eigenvalue weighted by Gasteiger charge is 2.37. The number of nitrogens with zero attached hydrogens (tertiary/aromatic N) is 1. The molecule has 1 N–H and O–H groups in total. The zero-order chi connectivity index (χ0) is 13.2. The average Bonchev–Trinajstić information content (AvgIpc) is 3.05. The van der Waals surface area contributed by atoms with E-state index in [0.29, 0.717) is 18.5 Å². The number of hydrogen-bond acceptors (Lipinski definition) is 4. The smallest absolute Gasteiger partial charge is 0.309 e. The van der Waals surface area contributed by atoms with Crippen LogP contribution in [0.25, 0.3) is 0 Å². The molecule has 1 aliphatic carbocycles. The van der Waals surface area contributed by atoms with Crippen LogP contribution in [0.3, 0.4) is 0 Å². The second-order valence-corrected chi connectivity index (χ2v) is 5.68. The van der Waals surface area contributed by atoms with Crippen molar-refractivity contribution >= 4 is 28.7 Å². The molecule has 0 radical (unpaired) electrons. The summed E-state index contributed by atoms with van der Waals surface area (Å²) in [5.74, 6) is 0.592. The molecule has 4 nitrogen and oxygen atoms in total. The van der Waals surface area contributed by atoms with Crippen molar-refractivity contribution in [2.24, 2.45) is 0 Å². The van der Waals surface area contributed by atoms with Gasteiger partial charge in [-0.1, -0.05) is 41.7 Å². The molecular formula is C14H15ClN2O2S. The lowest BCUT2D eigenvalue weighted by Crippen LogP contribution is -2.16. The van der Waals surface area contributed by atoms with Gasteiger partial charge in [0.15, 0.2) is 0 Å². The van der Waals surface area contributed by atoms with E-state index in [1.54, 1.807) is 6.07 Å². The predicted octanol–water partition coefficient (Wildman–Crippen LogP) is 3.72. The molecule has 1 saturated carbocycles. The molecule has 106 valence electrons. The normalized spacial score (nSPS) is 20.2. The molecular weight excluding hydrogens is 296 g/mol. The molecule has 2 unspecified atom stereocenters. The van der Waals surface area contributed by atoms with Crippen molar-refractivity contribution in [2.45, 2.75) is 24.9 Å². The Morgan fingerprint density at radius 2 is 2.10 bits per heavy atom. The maximum Gasteiger partial charge on any atom is 0.324 e. The monoisotopic (exact) mass is 310 g/mol. The molecule has 1 heterocycles. The van der Waals surface area contributed by atoms with Crippen molar-refractivity contribution < 1.29 is 4.92 Å². The molecule has 1 aliphatic rings. The standard InChI is InChI=1S/C14H14N2O2S.ClH/c17-16(18)14-6-10(9-19-14)8-15-13-7-12(13)11-4-2-1-3-5-11;/h1-6,9,12-13,15H,7-8H2;1H. The van der Waals surface area contributed by atoms with E-state index in [4.69, 9.17) is 0 Å². The van der Waals surface area contributed by atoms with Crippen LogP contribution >= 0.6 is 23.7 Å². The van der Waals surface area contributed by atoms with E-state index >= 15 is 0 Å². The summed E-state index contributed by atoms with van der Waals surface area (Å²) < 4.78 is 0. The summed E-state index contributed by atoms with van der Waals surface area (Å²) in [7, 11) is 0. The first-order valence-corrected chi connectivity index (χ1v) is 7.12. The van der Waals surface area contributed by atoms with Crippen molar-refractivity contribution in [1.82, 2.24) is 5.32 Å². The van der Waals surface area contributed by atoms with E-state index in [-0.39, 0.29) is 22.3 Å². The van der Waals surface area contributed by atoms with Crippen LogP contribution < -0.4 is 5.32 Å². The SMILES string of the molecule is Cl.O=[N+]([O-])c1cc(CNC2CC2c2ccccc2)cs1. The van der Waals surface area contributed by atoms with Gasteiger partial charge in [-0.2, -0.15) is 0 Å². The maximum absolute atomic E-state index is 10.6. The topological polar surface area (TPSA) is 55.2 Å². The quantitative estimate of drug-likeness (QED) is 0.676. The molecule has 2 aromatic rings. The third-order valence-corrected chi connectivity index (χ3v) is 4.34. The number of thiophene rings is 1. The zero-order valence-electron chi connectivity index (χ0n) is 10.7. The van der Waals surface area contributed by atoms with Gasteiger partial charge < -0.3 is 5.32 Å². The lowest BCUT2D eigenvalue weighted by molar-refractivity contribution is -0.380. The van der Waals surface area contributed by atoms with Gasteiger partial charge in [0, 0.05) is 30.0 Å². The Balaban J connectivity index is 0.00000147. The van der Waals surface area contributed by atoms with Crippen LogP contribution in [0.4, 0.5) is 5.00 Å². The van der Waals surface area contributed by atoms with Gasteiger partial charge in [-0.15, -0.1) is 12.4 Å². The molecule has 1 aromatic heterocycles. The van der Waals surface area contributed by atoms with Crippen LogP contribution in [-0.4, -0.2) is 11.0 Å². The van der Waals surface area contributed by atoms with Crippen molar-refractivity contribution in [3.63, 3.8) is 0 Å². The first-order chi connectivity index (χ1) is 9.24. The molecule has 0 aliphatic heterocycles. The lowest BCUT2D eigenvalue weighted by Gasteiger charge is -2.02. The summed E-state index contributed by atoms with van der Waals surface area (Å²) in [6.07, 6.45) is 1.15. The number of rotatable bonds is 5. The molecule has 1 fully saturated rings. The van der Waals surface area contributed by atoms with Crippen LogP contribution in [0.2, 0.25) is 0 Å². The first-order valence-electron chi connectivity index (χ1n) is 6.24. The minimum Gasteiger partial charge on any atom is -0.309 e. The van der Waals surface area contributed by atoms with Gasteiger partial charge in [-0.25, -0.2) is 0 Å². The highest BCUT2D eigenvalue weighted by Crippen LogP contribution is 2.40. The van der Waals surface area contributed by atoms with Crippen molar-refractivity contribution in [1.29, 1.82) is 0 Å². The molecule has 0 amide bonds. The summed E-state index contributed by atoms with van der Waals surface area (Å²) in [6, 6.07) is 12.6. The van der Waals surface area contributed by atoms with Gasteiger partial charge in [0.1, 0.15) is 0 Å². The first kappa shape index (κ1) is 15.0. The van der Waals surface area contributed by atoms with E-state index in [0.717, 1.165) is 12.0 Å². The zero-order valence-corrected chi connectivity index (χ0v) is 12.3. The Morgan fingerprint density at radius 1 is 1.35 bits per heavy atom. The highest BCUT2D eigenvalue weighted by atomic mass is 35.5. The Labute approximate surface area is 127 Å². The van der Waals surface area contributed by atoms with Crippen molar-refractivity contribution in [3.8, 4) is 0 Å². The molecule has 0 spiro atoms. The largest absolute Gasteiger partial charge is 0.324 e. The Bertz CT molecular complexity index is 588. The maximum atomic E-state index is 10.6. The minimum absolute atomic E-state index is 0. The van der Waals surface area contributed by atoms with Crippen LogP contribution in [0.15, 0.2) is 41.8 Å². The number of hydrogen-bond donors (Lipinski definition) is 1. The van der Waals surface area contributed by atoms with Gasteiger partial charge in [0.05, 0.1) is 4.92 Å². The van der Waals surface area contributed by atoms with Crippen LogP contribution in [-0.2, 0) is 6.54 Å². The molecule has 3 rings (SSSR count). The van der Waals surface area contributed by atoms with Gasteiger partial charge in [-0.05, 0) is 17.5 Å². The number of nitro groups is 1. The van der Waals surface area contributed by atoms with E-state index in [2.05, 4.69) is 29.6 Å². The molecule has 2 atom stereocenters. The fourth-order valence-electron chi connectivity index (χ4n) is 2.29. The second-order valence-electron chi connectivity index (χ2n) is 4.79. The van der Waals surface area contributed by atoms with Crippen LogP contribution in [0.1, 0.15) is 23.5 Å². The number of halogens is 1. The van der Waals surface area contributed by atoms with Gasteiger partial charge in [-0.3, -0.25) is 10.1 Å². The Kier molecular flexibility index (Phi) is 4.75. The number of benzene rings is 1. The highest BCUT2D eigenvalue weighted by molar-refractivity contribution is 7.13. The third kappa shape index (κ3) is 3.36. The molecule has 20 heavy (non-hydrogen) atoms. The van der Waals surface area contributed by atoms with Gasteiger partial charge in [0.25, 0.3) is 0 Å². The van der Waals surface area contributed by atoms with Crippen molar-refractivity contribution in [3.05, 3.63) is 63.0 Å². The number of nitrogens with one attached hydrogen (secondary N) is 1. The summed E-state index contributed by atoms with van der Waals surface area (Å²) in [4.78, 5) is 10.3.